The van der Waals surface area contributed by atoms with Gasteiger partial charge in [0.1, 0.15) is 0 Å². The number of carbonyl (C=O) groups is 1. The van der Waals surface area contributed by atoms with E-state index in [0.717, 1.165) is 41.7 Å². The normalized spacial score (nSPS) is 18.1. The zero-order valence-electron chi connectivity index (χ0n) is 12.0. The number of amides is 1. The van der Waals surface area contributed by atoms with Crippen LogP contribution in [0.25, 0.3) is 10.8 Å². The van der Waals surface area contributed by atoms with E-state index in [4.69, 9.17) is 10.8 Å². The van der Waals surface area contributed by atoms with Crippen molar-refractivity contribution in [1.29, 1.82) is 0 Å². The molecule has 1 saturated heterocycles. The van der Waals surface area contributed by atoms with Crippen molar-refractivity contribution >= 4 is 28.2 Å². The van der Waals surface area contributed by atoms with E-state index < -0.39 is 6.09 Å². The van der Waals surface area contributed by atoms with Crippen LogP contribution in [-0.4, -0.2) is 42.3 Å². The molecule has 1 fully saturated rings. The highest BCUT2D eigenvalue weighted by Gasteiger charge is 2.29. The van der Waals surface area contributed by atoms with E-state index >= 15 is 0 Å². The average molecular weight is 285 g/mol. The summed E-state index contributed by atoms with van der Waals surface area (Å²) in [6.45, 7) is 1.58. The third-order valence-corrected chi connectivity index (χ3v) is 4.29. The van der Waals surface area contributed by atoms with E-state index in [1.807, 2.05) is 30.3 Å². The quantitative estimate of drug-likeness (QED) is 0.832. The lowest BCUT2D eigenvalue weighted by Gasteiger charge is -2.24. The van der Waals surface area contributed by atoms with Crippen LogP contribution in [0.3, 0.4) is 0 Å². The highest BCUT2D eigenvalue weighted by Crippen LogP contribution is 2.33. The molecule has 0 aromatic heterocycles. The molecule has 3 rings (SSSR count). The van der Waals surface area contributed by atoms with Gasteiger partial charge in [-0.1, -0.05) is 24.3 Å². The van der Waals surface area contributed by atoms with Gasteiger partial charge in [-0.3, -0.25) is 0 Å². The molecule has 0 aliphatic carbocycles. The fraction of sp³-hybridized carbons (Fsp3) is 0.312. The fourth-order valence-electron chi connectivity index (χ4n) is 3.02. The lowest BCUT2D eigenvalue weighted by molar-refractivity contribution is 0.142. The number of carboxylic acid groups (broad SMARTS) is 1. The van der Waals surface area contributed by atoms with E-state index in [0.29, 0.717) is 0 Å². The molecule has 1 aliphatic rings. The van der Waals surface area contributed by atoms with Gasteiger partial charge in [-0.05, 0) is 18.6 Å². The van der Waals surface area contributed by atoms with Crippen molar-refractivity contribution in [1.82, 2.24) is 4.90 Å². The van der Waals surface area contributed by atoms with Crippen LogP contribution in [0.15, 0.2) is 36.4 Å². The molecule has 2 aromatic carbocycles. The van der Waals surface area contributed by atoms with E-state index in [1.54, 1.807) is 7.05 Å². The Hall–Kier alpha value is -2.43. The number of anilines is 2. The maximum atomic E-state index is 11.1. The number of likely N-dealkylation sites (N-methyl/N-ethyl adjacent to an activating group) is 1. The summed E-state index contributed by atoms with van der Waals surface area (Å²) in [5, 5.41) is 11.3. The SMILES string of the molecule is CN(C(=O)O)C1CCN(c2ccc(N)c3ccccc23)C1. The van der Waals surface area contributed by atoms with Crippen LogP contribution in [0.1, 0.15) is 6.42 Å². The number of nitrogens with zero attached hydrogens (tertiary/aromatic N) is 2. The molecule has 5 heteroatoms. The predicted octanol–water partition coefficient (Wildman–Crippen LogP) is 2.61. The largest absolute Gasteiger partial charge is 0.465 e. The Morgan fingerprint density at radius 3 is 2.71 bits per heavy atom. The lowest BCUT2D eigenvalue weighted by atomic mass is 10.1. The second-order valence-corrected chi connectivity index (χ2v) is 5.50. The van der Waals surface area contributed by atoms with Gasteiger partial charge in [-0.2, -0.15) is 0 Å². The standard InChI is InChI=1S/C16H19N3O2/c1-18(16(20)21)11-8-9-19(10-11)15-7-6-14(17)12-4-2-3-5-13(12)15/h2-7,11H,8-10,17H2,1H3,(H,20,21). The first kappa shape index (κ1) is 13.5. The summed E-state index contributed by atoms with van der Waals surface area (Å²) >= 11 is 0. The van der Waals surface area contributed by atoms with Crippen LogP contribution in [0.2, 0.25) is 0 Å². The van der Waals surface area contributed by atoms with Crippen LogP contribution in [0.4, 0.5) is 16.2 Å². The molecule has 1 aliphatic heterocycles. The van der Waals surface area contributed by atoms with Gasteiger partial charge in [0, 0.05) is 42.3 Å². The Morgan fingerprint density at radius 2 is 2.00 bits per heavy atom. The van der Waals surface area contributed by atoms with Crippen molar-refractivity contribution in [3.8, 4) is 0 Å². The minimum absolute atomic E-state index is 0.0406. The van der Waals surface area contributed by atoms with Gasteiger partial charge in [-0.25, -0.2) is 4.79 Å². The van der Waals surface area contributed by atoms with Gasteiger partial charge in [0.15, 0.2) is 0 Å². The maximum Gasteiger partial charge on any atom is 0.407 e. The van der Waals surface area contributed by atoms with Gasteiger partial charge in [0.25, 0.3) is 0 Å². The summed E-state index contributed by atoms with van der Waals surface area (Å²) in [6.07, 6.45) is -0.0226. The summed E-state index contributed by atoms with van der Waals surface area (Å²) in [4.78, 5) is 14.7. The number of nitrogens with two attached hydrogens (primary N) is 1. The number of nitrogen functional groups attached to an aromatic ring is 1. The predicted molar refractivity (Wildman–Crippen MR) is 84.8 cm³/mol. The molecule has 3 N–H and O–H groups in total. The third kappa shape index (κ3) is 2.35. The minimum Gasteiger partial charge on any atom is -0.465 e. The minimum atomic E-state index is -0.871. The van der Waals surface area contributed by atoms with Crippen molar-refractivity contribution in [2.45, 2.75) is 12.5 Å². The molecule has 0 spiro atoms. The first-order valence-corrected chi connectivity index (χ1v) is 7.06. The number of rotatable bonds is 2. The molecule has 1 atom stereocenters. The molecule has 21 heavy (non-hydrogen) atoms. The Labute approximate surface area is 123 Å². The number of fused-ring (bicyclic) bond motifs is 1. The van der Waals surface area contributed by atoms with Crippen LogP contribution in [0.5, 0.6) is 0 Å². The van der Waals surface area contributed by atoms with E-state index in [2.05, 4.69) is 11.0 Å². The zero-order valence-corrected chi connectivity index (χ0v) is 12.0. The van der Waals surface area contributed by atoms with Gasteiger partial charge in [-0.15, -0.1) is 0 Å². The third-order valence-electron chi connectivity index (χ3n) is 4.29. The molecule has 1 amide bonds. The molecule has 2 aromatic rings. The highest BCUT2D eigenvalue weighted by atomic mass is 16.4. The summed E-state index contributed by atoms with van der Waals surface area (Å²) in [7, 11) is 1.64. The molecule has 1 heterocycles. The van der Waals surface area contributed by atoms with E-state index in [1.165, 1.54) is 4.90 Å². The smallest absolute Gasteiger partial charge is 0.407 e. The molecular weight excluding hydrogens is 266 g/mol. The fourth-order valence-corrected chi connectivity index (χ4v) is 3.02. The maximum absolute atomic E-state index is 11.1. The first-order valence-electron chi connectivity index (χ1n) is 7.06. The average Bonchev–Trinajstić information content (AvgIpc) is 2.96. The van der Waals surface area contributed by atoms with Crippen molar-refractivity contribution in [2.24, 2.45) is 0 Å². The van der Waals surface area contributed by atoms with Crippen molar-refractivity contribution < 1.29 is 9.90 Å². The number of benzene rings is 2. The Kier molecular flexibility index (Phi) is 3.33. The van der Waals surface area contributed by atoms with Crippen LogP contribution in [-0.2, 0) is 0 Å². The van der Waals surface area contributed by atoms with E-state index in [-0.39, 0.29) is 6.04 Å². The topological polar surface area (TPSA) is 69.8 Å². The molecule has 0 radical (unpaired) electrons. The molecule has 0 saturated carbocycles. The lowest BCUT2D eigenvalue weighted by Crippen LogP contribution is -2.38. The number of hydrogen-bond donors (Lipinski definition) is 2. The summed E-state index contributed by atoms with van der Waals surface area (Å²) in [5.74, 6) is 0. The Morgan fingerprint density at radius 1 is 1.29 bits per heavy atom. The first-order chi connectivity index (χ1) is 10.1. The van der Waals surface area contributed by atoms with Gasteiger partial charge in [0.05, 0.1) is 6.04 Å². The van der Waals surface area contributed by atoms with Crippen molar-refractivity contribution in [3.05, 3.63) is 36.4 Å². The summed E-state index contributed by atoms with van der Waals surface area (Å²) in [5.41, 5.74) is 7.93. The Balaban J connectivity index is 1.92. The molecule has 0 bridgehead atoms. The van der Waals surface area contributed by atoms with Crippen LogP contribution < -0.4 is 10.6 Å². The molecular formula is C16H19N3O2. The molecule has 110 valence electrons. The monoisotopic (exact) mass is 285 g/mol. The van der Waals surface area contributed by atoms with Crippen LogP contribution in [0, 0.1) is 0 Å². The molecule has 5 nitrogen and oxygen atoms in total. The highest BCUT2D eigenvalue weighted by molar-refractivity contribution is 6.01. The summed E-state index contributed by atoms with van der Waals surface area (Å²) < 4.78 is 0. The van der Waals surface area contributed by atoms with Gasteiger partial charge in [0.2, 0.25) is 0 Å². The second kappa shape index (κ2) is 5.16. The zero-order chi connectivity index (χ0) is 15.0. The van der Waals surface area contributed by atoms with Crippen molar-refractivity contribution in [3.63, 3.8) is 0 Å². The van der Waals surface area contributed by atoms with Crippen LogP contribution >= 0.6 is 0 Å². The van der Waals surface area contributed by atoms with Crippen molar-refractivity contribution in [2.75, 3.05) is 30.8 Å². The Bertz CT molecular complexity index is 686. The summed E-state index contributed by atoms with van der Waals surface area (Å²) in [6, 6.07) is 12.1. The van der Waals surface area contributed by atoms with Gasteiger partial charge < -0.3 is 20.6 Å². The molecule has 1 unspecified atom stereocenters. The second-order valence-electron chi connectivity index (χ2n) is 5.50. The van der Waals surface area contributed by atoms with Gasteiger partial charge >= 0.3 is 6.09 Å². The number of hydrogen-bond acceptors (Lipinski definition) is 3. The van der Waals surface area contributed by atoms with E-state index in [9.17, 15) is 4.79 Å².